The largest absolute Gasteiger partial charge is 0.480 e. The quantitative estimate of drug-likeness (QED) is 0.738. The molecular weight excluding hydrogens is 256 g/mol. The van der Waals surface area contributed by atoms with E-state index >= 15 is 0 Å². The maximum atomic E-state index is 11.0. The fourth-order valence-electron chi connectivity index (χ4n) is 2.00. The van der Waals surface area contributed by atoms with Crippen molar-refractivity contribution in [2.45, 2.75) is 13.2 Å². The molecule has 5 nitrogen and oxygen atoms in total. The van der Waals surface area contributed by atoms with Gasteiger partial charge in [0.25, 0.3) is 0 Å². The summed E-state index contributed by atoms with van der Waals surface area (Å²) in [7, 11) is 5.63. The van der Waals surface area contributed by atoms with E-state index in [1.54, 1.807) is 7.11 Å². The van der Waals surface area contributed by atoms with Crippen LogP contribution < -0.4 is 0 Å². The van der Waals surface area contributed by atoms with Crippen LogP contribution in [-0.2, 0) is 22.7 Å². The van der Waals surface area contributed by atoms with Gasteiger partial charge >= 0.3 is 5.97 Å². The van der Waals surface area contributed by atoms with Crippen molar-refractivity contribution in [2.75, 3.05) is 40.8 Å². The highest BCUT2D eigenvalue weighted by atomic mass is 16.5. The molecule has 1 rings (SSSR count). The van der Waals surface area contributed by atoms with E-state index in [9.17, 15) is 4.79 Å². The number of hydrogen-bond acceptors (Lipinski definition) is 4. The normalized spacial score (nSPS) is 11.2. The molecule has 0 radical (unpaired) electrons. The molecule has 0 spiro atoms. The second-order valence-electron chi connectivity index (χ2n) is 5.11. The Labute approximate surface area is 120 Å². The maximum absolute atomic E-state index is 11.0. The first-order valence-electron chi connectivity index (χ1n) is 6.67. The topological polar surface area (TPSA) is 53.0 Å². The van der Waals surface area contributed by atoms with Gasteiger partial charge in [-0.25, -0.2) is 0 Å². The Balaban J connectivity index is 2.74. The number of rotatable bonds is 9. The maximum Gasteiger partial charge on any atom is 0.317 e. The van der Waals surface area contributed by atoms with Crippen LogP contribution in [0, 0.1) is 0 Å². The first-order chi connectivity index (χ1) is 9.52. The second kappa shape index (κ2) is 8.68. The first kappa shape index (κ1) is 16.6. The van der Waals surface area contributed by atoms with Gasteiger partial charge < -0.3 is 14.7 Å². The van der Waals surface area contributed by atoms with Crippen molar-refractivity contribution >= 4 is 5.97 Å². The van der Waals surface area contributed by atoms with Crippen molar-refractivity contribution in [2.24, 2.45) is 0 Å². The zero-order valence-electron chi connectivity index (χ0n) is 12.5. The van der Waals surface area contributed by atoms with Gasteiger partial charge in [-0.3, -0.25) is 9.69 Å². The number of benzene rings is 1. The summed E-state index contributed by atoms with van der Waals surface area (Å²) in [5.41, 5.74) is 2.23. The third kappa shape index (κ3) is 6.14. The molecule has 0 saturated carbocycles. The molecule has 112 valence electrons. The second-order valence-corrected chi connectivity index (χ2v) is 5.11. The van der Waals surface area contributed by atoms with Crippen molar-refractivity contribution in [3.63, 3.8) is 0 Å². The molecule has 0 fully saturated rings. The summed E-state index contributed by atoms with van der Waals surface area (Å²) in [4.78, 5) is 15.0. The predicted molar refractivity (Wildman–Crippen MR) is 78.6 cm³/mol. The SMILES string of the molecule is COCc1ccccc1CN(CCN(C)C)CC(=O)O. The highest BCUT2D eigenvalue weighted by Gasteiger charge is 2.12. The van der Waals surface area contributed by atoms with Crippen LogP contribution in [-0.4, -0.2) is 61.7 Å². The number of likely N-dealkylation sites (N-methyl/N-ethyl adjacent to an activating group) is 1. The van der Waals surface area contributed by atoms with E-state index in [2.05, 4.69) is 4.90 Å². The van der Waals surface area contributed by atoms with E-state index in [1.807, 2.05) is 43.3 Å². The highest BCUT2D eigenvalue weighted by molar-refractivity contribution is 5.69. The summed E-state index contributed by atoms with van der Waals surface area (Å²) in [6, 6.07) is 7.99. The zero-order valence-corrected chi connectivity index (χ0v) is 12.5. The number of ether oxygens (including phenoxy) is 1. The van der Waals surface area contributed by atoms with Gasteiger partial charge in [0.2, 0.25) is 0 Å². The van der Waals surface area contributed by atoms with Gasteiger partial charge in [0.1, 0.15) is 0 Å². The van der Waals surface area contributed by atoms with Crippen molar-refractivity contribution in [1.82, 2.24) is 9.80 Å². The smallest absolute Gasteiger partial charge is 0.317 e. The molecule has 1 aromatic carbocycles. The molecule has 1 aromatic rings. The van der Waals surface area contributed by atoms with E-state index in [1.165, 1.54) is 0 Å². The lowest BCUT2D eigenvalue weighted by atomic mass is 10.1. The van der Waals surface area contributed by atoms with E-state index in [0.29, 0.717) is 13.2 Å². The van der Waals surface area contributed by atoms with Crippen LogP contribution >= 0.6 is 0 Å². The summed E-state index contributed by atoms with van der Waals surface area (Å²) in [5, 5.41) is 9.02. The fourth-order valence-corrected chi connectivity index (χ4v) is 2.00. The van der Waals surface area contributed by atoms with Crippen molar-refractivity contribution in [3.8, 4) is 0 Å². The standard InChI is InChI=1S/C15H24N2O3/c1-16(2)8-9-17(11-15(18)19)10-13-6-4-5-7-14(13)12-20-3/h4-7H,8-12H2,1-3H3,(H,18,19). The van der Waals surface area contributed by atoms with Crippen LogP contribution in [0.2, 0.25) is 0 Å². The molecule has 0 atom stereocenters. The van der Waals surface area contributed by atoms with Crippen LogP contribution in [0.5, 0.6) is 0 Å². The van der Waals surface area contributed by atoms with Crippen LogP contribution in [0.1, 0.15) is 11.1 Å². The molecule has 0 aliphatic rings. The van der Waals surface area contributed by atoms with E-state index in [-0.39, 0.29) is 6.54 Å². The van der Waals surface area contributed by atoms with Crippen molar-refractivity contribution in [3.05, 3.63) is 35.4 Å². The molecule has 0 aromatic heterocycles. The molecule has 0 unspecified atom stereocenters. The Bertz CT molecular complexity index is 421. The van der Waals surface area contributed by atoms with Gasteiger partial charge in [-0.15, -0.1) is 0 Å². The Hall–Kier alpha value is -1.43. The summed E-state index contributed by atoms with van der Waals surface area (Å²) < 4.78 is 5.19. The van der Waals surface area contributed by atoms with E-state index in [4.69, 9.17) is 9.84 Å². The number of aliphatic carboxylic acids is 1. The summed E-state index contributed by atoms with van der Waals surface area (Å²) in [6.45, 7) is 2.78. The lowest BCUT2D eigenvalue weighted by Gasteiger charge is -2.23. The minimum Gasteiger partial charge on any atom is -0.480 e. The van der Waals surface area contributed by atoms with Gasteiger partial charge in [-0.2, -0.15) is 0 Å². The molecule has 0 amide bonds. The average molecular weight is 280 g/mol. The predicted octanol–water partition coefficient (Wildman–Crippen LogP) is 1.28. The van der Waals surface area contributed by atoms with Gasteiger partial charge in [0.15, 0.2) is 0 Å². The van der Waals surface area contributed by atoms with Crippen molar-refractivity contribution in [1.29, 1.82) is 0 Å². The van der Waals surface area contributed by atoms with Gasteiger partial charge in [0, 0.05) is 26.7 Å². The Morgan fingerprint density at radius 1 is 1.20 bits per heavy atom. The minimum absolute atomic E-state index is 0.0508. The average Bonchev–Trinajstić information content (AvgIpc) is 2.38. The summed E-state index contributed by atoms with van der Waals surface area (Å²) in [6.07, 6.45) is 0. The Morgan fingerprint density at radius 3 is 2.40 bits per heavy atom. The molecule has 0 saturated heterocycles. The molecule has 1 N–H and O–H groups in total. The first-order valence-corrected chi connectivity index (χ1v) is 6.67. The molecule has 0 heterocycles. The Kier molecular flexibility index (Phi) is 7.22. The number of carboxylic acids is 1. The van der Waals surface area contributed by atoms with Crippen LogP contribution in [0.3, 0.4) is 0 Å². The van der Waals surface area contributed by atoms with Gasteiger partial charge in [-0.1, -0.05) is 24.3 Å². The number of carboxylic acid groups (broad SMARTS) is 1. The number of hydrogen-bond donors (Lipinski definition) is 1. The van der Waals surface area contributed by atoms with Crippen molar-refractivity contribution < 1.29 is 14.6 Å². The summed E-state index contributed by atoms with van der Waals surface area (Å²) >= 11 is 0. The zero-order chi connectivity index (χ0) is 15.0. The van der Waals surface area contributed by atoms with E-state index in [0.717, 1.165) is 24.2 Å². The van der Waals surface area contributed by atoms with Crippen LogP contribution in [0.25, 0.3) is 0 Å². The minimum atomic E-state index is -0.798. The molecule has 0 aliphatic carbocycles. The molecule has 0 bridgehead atoms. The monoisotopic (exact) mass is 280 g/mol. The molecule has 5 heteroatoms. The lowest BCUT2D eigenvalue weighted by Crippen LogP contribution is -2.35. The molecular formula is C15H24N2O3. The number of nitrogens with zero attached hydrogens (tertiary/aromatic N) is 2. The third-order valence-corrected chi connectivity index (χ3v) is 3.03. The van der Waals surface area contributed by atoms with Crippen LogP contribution in [0.4, 0.5) is 0 Å². The lowest BCUT2D eigenvalue weighted by molar-refractivity contribution is -0.138. The summed E-state index contributed by atoms with van der Waals surface area (Å²) in [5.74, 6) is -0.798. The Morgan fingerprint density at radius 2 is 1.85 bits per heavy atom. The number of carbonyl (C=O) groups is 1. The fraction of sp³-hybridized carbons (Fsp3) is 0.533. The van der Waals surface area contributed by atoms with E-state index < -0.39 is 5.97 Å². The highest BCUT2D eigenvalue weighted by Crippen LogP contribution is 2.12. The third-order valence-electron chi connectivity index (χ3n) is 3.03. The van der Waals surface area contributed by atoms with Gasteiger partial charge in [-0.05, 0) is 25.2 Å². The molecule has 20 heavy (non-hydrogen) atoms. The number of methoxy groups -OCH3 is 1. The molecule has 0 aliphatic heterocycles. The van der Waals surface area contributed by atoms with Gasteiger partial charge in [0.05, 0.1) is 13.2 Å². The van der Waals surface area contributed by atoms with Crippen LogP contribution in [0.15, 0.2) is 24.3 Å².